The van der Waals surface area contributed by atoms with Crippen LogP contribution in [0.25, 0.3) is 0 Å². The zero-order chi connectivity index (χ0) is 16.4. The van der Waals surface area contributed by atoms with Crippen molar-refractivity contribution in [1.82, 2.24) is 10.3 Å². The average molecular weight is 321 g/mol. The number of hydrogen-bond donors (Lipinski definition) is 2. The lowest BCUT2D eigenvalue weighted by atomic mass is 10.2. The van der Waals surface area contributed by atoms with Crippen molar-refractivity contribution in [2.75, 3.05) is 5.32 Å². The highest BCUT2D eigenvalue weighted by Gasteiger charge is 2.30. The van der Waals surface area contributed by atoms with Gasteiger partial charge in [0.2, 0.25) is 0 Å². The molecule has 0 unspecified atom stereocenters. The maximum atomic E-state index is 12.5. The molecule has 0 spiro atoms. The van der Waals surface area contributed by atoms with Crippen LogP contribution in [-0.4, -0.2) is 16.9 Å². The third-order valence-electron chi connectivity index (χ3n) is 3.41. The molecule has 3 rings (SSSR count). The Morgan fingerprint density at radius 3 is 2.39 bits per heavy atom. The van der Waals surface area contributed by atoms with Gasteiger partial charge in [-0.3, -0.25) is 9.78 Å². The van der Waals surface area contributed by atoms with Crippen LogP contribution < -0.4 is 10.6 Å². The number of alkyl halides is 3. The Balaban J connectivity index is 1.71. The first-order valence-electron chi connectivity index (χ1n) is 7.12. The van der Waals surface area contributed by atoms with Crippen LogP contribution in [0.4, 0.5) is 24.5 Å². The van der Waals surface area contributed by atoms with Gasteiger partial charge in [0.25, 0.3) is 5.91 Å². The fourth-order valence-electron chi connectivity index (χ4n) is 2.04. The fourth-order valence-corrected chi connectivity index (χ4v) is 2.04. The second kappa shape index (κ2) is 5.91. The molecule has 1 aliphatic carbocycles. The molecule has 1 aliphatic rings. The first-order valence-corrected chi connectivity index (χ1v) is 7.12. The van der Waals surface area contributed by atoms with Gasteiger partial charge in [-0.25, -0.2) is 0 Å². The first-order chi connectivity index (χ1) is 10.9. The molecule has 1 aromatic heterocycles. The van der Waals surface area contributed by atoms with E-state index in [1.165, 1.54) is 24.5 Å². The molecule has 0 bridgehead atoms. The second-order valence-electron chi connectivity index (χ2n) is 5.41. The molecule has 2 aromatic rings. The molecular weight excluding hydrogens is 307 g/mol. The lowest BCUT2D eigenvalue weighted by Crippen LogP contribution is -2.25. The van der Waals surface area contributed by atoms with E-state index in [4.69, 9.17) is 0 Å². The molecule has 7 heteroatoms. The van der Waals surface area contributed by atoms with Gasteiger partial charge in [-0.1, -0.05) is 0 Å². The lowest BCUT2D eigenvalue weighted by Gasteiger charge is -2.10. The van der Waals surface area contributed by atoms with Crippen LogP contribution in [0.2, 0.25) is 0 Å². The molecule has 0 atom stereocenters. The molecule has 0 saturated heterocycles. The summed E-state index contributed by atoms with van der Waals surface area (Å²) >= 11 is 0. The fraction of sp³-hybridized carbons (Fsp3) is 0.250. The summed E-state index contributed by atoms with van der Waals surface area (Å²) in [5.41, 5.74) is 0.723. The summed E-state index contributed by atoms with van der Waals surface area (Å²) in [5.74, 6) is -0.198. The molecule has 23 heavy (non-hydrogen) atoms. The number of halogens is 3. The number of nitrogens with one attached hydrogen (secondary N) is 2. The Hall–Kier alpha value is -2.57. The van der Waals surface area contributed by atoms with Crippen molar-refractivity contribution in [1.29, 1.82) is 0 Å². The van der Waals surface area contributed by atoms with E-state index in [1.807, 2.05) is 0 Å². The van der Waals surface area contributed by atoms with E-state index < -0.39 is 11.7 Å². The highest BCUT2D eigenvalue weighted by molar-refractivity contribution is 5.95. The number of hydrogen-bond acceptors (Lipinski definition) is 3. The Kier molecular flexibility index (Phi) is 3.94. The molecular formula is C16H14F3N3O. The maximum Gasteiger partial charge on any atom is 0.416 e. The monoisotopic (exact) mass is 321 g/mol. The minimum absolute atomic E-state index is 0.198. The van der Waals surface area contributed by atoms with Crippen LogP contribution in [0.15, 0.2) is 42.7 Å². The summed E-state index contributed by atoms with van der Waals surface area (Å²) in [7, 11) is 0. The number of anilines is 2. The van der Waals surface area contributed by atoms with Crippen LogP contribution in [0.1, 0.15) is 28.8 Å². The molecule has 0 aliphatic heterocycles. The molecule has 0 radical (unpaired) electrons. The Labute approximate surface area is 130 Å². The number of pyridine rings is 1. The van der Waals surface area contributed by atoms with Gasteiger partial charge in [0, 0.05) is 17.9 Å². The molecule has 1 saturated carbocycles. The highest BCUT2D eigenvalue weighted by Crippen LogP contribution is 2.30. The number of benzene rings is 1. The molecule has 1 amide bonds. The second-order valence-corrected chi connectivity index (χ2v) is 5.41. The third kappa shape index (κ3) is 4.00. The smallest absolute Gasteiger partial charge is 0.354 e. The Bertz CT molecular complexity index is 709. The summed E-state index contributed by atoms with van der Waals surface area (Å²) in [6, 6.07) is 6.52. The zero-order valence-electron chi connectivity index (χ0n) is 12.0. The normalized spacial score (nSPS) is 14.4. The van der Waals surface area contributed by atoms with E-state index in [-0.39, 0.29) is 11.9 Å². The molecule has 1 aromatic carbocycles. The molecule has 1 heterocycles. The number of aromatic nitrogens is 1. The molecule has 4 nitrogen and oxygen atoms in total. The molecule has 1 fully saturated rings. The van der Waals surface area contributed by atoms with Gasteiger partial charge in [0.05, 0.1) is 23.0 Å². The van der Waals surface area contributed by atoms with Crippen molar-refractivity contribution < 1.29 is 18.0 Å². The van der Waals surface area contributed by atoms with Crippen molar-refractivity contribution in [3.8, 4) is 0 Å². The van der Waals surface area contributed by atoms with Gasteiger partial charge in [-0.05, 0) is 43.2 Å². The Morgan fingerprint density at radius 1 is 1.09 bits per heavy atom. The van der Waals surface area contributed by atoms with Crippen molar-refractivity contribution in [3.63, 3.8) is 0 Å². The van der Waals surface area contributed by atoms with Crippen LogP contribution in [-0.2, 0) is 6.18 Å². The summed E-state index contributed by atoms with van der Waals surface area (Å²) in [6.07, 6.45) is 0.577. The minimum atomic E-state index is -4.36. The molecule has 120 valence electrons. The van der Waals surface area contributed by atoms with Gasteiger partial charge in [0.15, 0.2) is 0 Å². The number of amides is 1. The van der Waals surface area contributed by atoms with E-state index in [2.05, 4.69) is 15.6 Å². The summed E-state index contributed by atoms with van der Waals surface area (Å²) < 4.78 is 37.6. The lowest BCUT2D eigenvalue weighted by molar-refractivity contribution is -0.137. The van der Waals surface area contributed by atoms with Gasteiger partial charge < -0.3 is 10.6 Å². The van der Waals surface area contributed by atoms with Crippen molar-refractivity contribution in [3.05, 3.63) is 53.9 Å². The van der Waals surface area contributed by atoms with Crippen LogP contribution in [0.5, 0.6) is 0 Å². The van der Waals surface area contributed by atoms with Crippen molar-refractivity contribution >= 4 is 17.3 Å². The summed E-state index contributed by atoms with van der Waals surface area (Å²) in [4.78, 5) is 15.9. The van der Waals surface area contributed by atoms with Crippen LogP contribution in [0.3, 0.4) is 0 Å². The van der Waals surface area contributed by atoms with Gasteiger partial charge >= 0.3 is 6.18 Å². The van der Waals surface area contributed by atoms with Gasteiger partial charge in [-0.15, -0.1) is 0 Å². The van der Waals surface area contributed by atoms with Crippen LogP contribution in [0, 0.1) is 0 Å². The number of nitrogens with zero attached hydrogens (tertiary/aromatic N) is 1. The predicted octanol–water partition coefficient (Wildman–Crippen LogP) is 3.74. The number of carbonyl (C=O) groups is 1. The summed E-state index contributed by atoms with van der Waals surface area (Å²) in [6.45, 7) is 0. The van der Waals surface area contributed by atoms with E-state index in [9.17, 15) is 18.0 Å². The Morgan fingerprint density at radius 2 is 1.78 bits per heavy atom. The maximum absolute atomic E-state index is 12.5. The minimum Gasteiger partial charge on any atom is -0.354 e. The standard InChI is InChI=1S/C16H14F3N3O/c17-16(18,19)11-1-3-12(4-2-11)21-14-7-10(8-20-9-14)15(23)22-13-5-6-13/h1-4,7-9,13,21H,5-6H2,(H,22,23). The largest absolute Gasteiger partial charge is 0.416 e. The number of carbonyl (C=O) groups excluding carboxylic acids is 1. The first kappa shape index (κ1) is 15.3. The van der Waals surface area contributed by atoms with Gasteiger partial charge in [-0.2, -0.15) is 13.2 Å². The van der Waals surface area contributed by atoms with Gasteiger partial charge in [0.1, 0.15) is 0 Å². The average Bonchev–Trinajstić information content (AvgIpc) is 3.31. The number of rotatable bonds is 4. The third-order valence-corrected chi connectivity index (χ3v) is 3.41. The molecule has 2 N–H and O–H groups in total. The van der Waals surface area contributed by atoms with E-state index in [0.717, 1.165) is 25.0 Å². The van der Waals surface area contributed by atoms with E-state index >= 15 is 0 Å². The van der Waals surface area contributed by atoms with Crippen molar-refractivity contribution in [2.45, 2.75) is 25.1 Å². The van der Waals surface area contributed by atoms with Crippen molar-refractivity contribution in [2.24, 2.45) is 0 Å². The topological polar surface area (TPSA) is 54.0 Å². The van der Waals surface area contributed by atoms with E-state index in [1.54, 1.807) is 6.07 Å². The summed E-state index contributed by atoms with van der Waals surface area (Å²) in [5, 5.41) is 5.79. The van der Waals surface area contributed by atoms with E-state index in [0.29, 0.717) is 16.9 Å². The zero-order valence-corrected chi connectivity index (χ0v) is 12.0. The highest BCUT2D eigenvalue weighted by atomic mass is 19.4. The quantitative estimate of drug-likeness (QED) is 0.902. The predicted molar refractivity (Wildman–Crippen MR) is 79.5 cm³/mol. The van der Waals surface area contributed by atoms with Crippen LogP contribution >= 0.6 is 0 Å². The SMILES string of the molecule is O=C(NC1CC1)c1cncc(Nc2ccc(C(F)(F)F)cc2)c1.